The van der Waals surface area contributed by atoms with Crippen LogP contribution in [0.15, 0.2) is 18.2 Å². The molecule has 0 saturated carbocycles. The lowest BCUT2D eigenvalue weighted by atomic mass is 9.98. The highest BCUT2D eigenvalue weighted by Gasteiger charge is 2.32. The summed E-state index contributed by atoms with van der Waals surface area (Å²) in [5.74, 6) is 0. The van der Waals surface area contributed by atoms with Crippen molar-refractivity contribution >= 4 is 17.3 Å². The van der Waals surface area contributed by atoms with Crippen molar-refractivity contribution in [3.05, 3.63) is 38.9 Å². The van der Waals surface area contributed by atoms with Gasteiger partial charge in [-0.3, -0.25) is 15.0 Å². The van der Waals surface area contributed by atoms with Gasteiger partial charge in [0.1, 0.15) is 5.02 Å². The SMILES string of the molecule is O=[N+]([O-])c1cc([C@@H](CCC(F)(F)F)N2CCNCC2)ccc1Cl. The molecule has 1 aliphatic rings. The minimum Gasteiger partial charge on any atom is -0.314 e. The number of piperazine rings is 1. The third-order valence-corrected chi connectivity index (χ3v) is 4.16. The third kappa shape index (κ3) is 5.05. The van der Waals surface area contributed by atoms with E-state index < -0.39 is 23.6 Å². The topological polar surface area (TPSA) is 58.4 Å². The molecule has 0 unspecified atom stereocenters. The highest BCUT2D eigenvalue weighted by atomic mass is 35.5. The molecule has 0 aromatic heterocycles. The largest absolute Gasteiger partial charge is 0.389 e. The first-order valence-electron chi connectivity index (χ1n) is 7.23. The van der Waals surface area contributed by atoms with Crippen LogP contribution in [0.2, 0.25) is 5.02 Å². The van der Waals surface area contributed by atoms with Gasteiger partial charge in [-0.2, -0.15) is 13.2 Å². The lowest BCUT2D eigenvalue weighted by Gasteiger charge is -2.35. The van der Waals surface area contributed by atoms with E-state index in [2.05, 4.69) is 5.32 Å². The van der Waals surface area contributed by atoms with Gasteiger partial charge in [0.25, 0.3) is 5.69 Å². The molecule has 0 bridgehead atoms. The molecule has 1 atom stereocenters. The van der Waals surface area contributed by atoms with Crippen molar-refractivity contribution in [1.82, 2.24) is 10.2 Å². The molecule has 1 aromatic rings. The zero-order valence-corrected chi connectivity index (χ0v) is 13.0. The van der Waals surface area contributed by atoms with Crippen LogP contribution in [0, 0.1) is 10.1 Å². The van der Waals surface area contributed by atoms with Gasteiger partial charge in [-0.15, -0.1) is 0 Å². The lowest BCUT2D eigenvalue weighted by Crippen LogP contribution is -2.45. The number of rotatable bonds is 5. The fourth-order valence-corrected chi connectivity index (χ4v) is 2.92. The van der Waals surface area contributed by atoms with Crippen molar-refractivity contribution in [2.24, 2.45) is 0 Å². The first-order valence-corrected chi connectivity index (χ1v) is 7.61. The Balaban J connectivity index is 2.28. The molecular formula is C14H17ClF3N3O2. The monoisotopic (exact) mass is 351 g/mol. The molecule has 2 rings (SSSR count). The van der Waals surface area contributed by atoms with E-state index >= 15 is 0 Å². The summed E-state index contributed by atoms with van der Waals surface area (Å²) in [6.07, 6.45) is -5.33. The van der Waals surface area contributed by atoms with Gasteiger partial charge in [0.05, 0.1) is 4.92 Å². The molecule has 1 fully saturated rings. The van der Waals surface area contributed by atoms with Crippen molar-refractivity contribution < 1.29 is 18.1 Å². The third-order valence-electron chi connectivity index (χ3n) is 3.85. The lowest BCUT2D eigenvalue weighted by molar-refractivity contribution is -0.384. The first-order chi connectivity index (χ1) is 10.8. The number of nitro groups is 1. The van der Waals surface area contributed by atoms with Crippen LogP contribution in [-0.2, 0) is 0 Å². The molecule has 0 spiro atoms. The maximum atomic E-state index is 12.6. The van der Waals surface area contributed by atoms with E-state index in [1.807, 2.05) is 4.90 Å². The van der Waals surface area contributed by atoms with E-state index in [9.17, 15) is 23.3 Å². The van der Waals surface area contributed by atoms with Crippen molar-refractivity contribution in [3.63, 3.8) is 0 Å². The molecule has 1 aromatic carbocycles. The normalized spacial score (nSPS) is 17.9. The van der Waals surface area contributed by atoms with Crippen LogP contribution in [-0.4, -0.2) is 42.2 Å². The molecule has 9 heteroatoms. The molecule has 0 amide bonds. The second-order valence-corrected chi connectivity index (χ2v) is 5.83. The summed E-state index contributed by atoms with van der Waals surface area (Å²) in [5, 5.41) is 14.1. The van der Waals surface area contributed by atoms with Gasteiger partial charge in [0.2, 0.25) is 0 Å². The van der Waals surface area contributed by atoms with Crippen LogP contribution in [0.5, 0.6) is 0 Å². The second kappa shape index (κ2) is 7.46. The summed E-state index contributed by atoms with van der Waals surface area (Å²) >= 11 is 5.79. The number of alkyl halides is 3. The Hall–Kier alpha value is -1.38. The number of benzene rings is 1. The average molecular weight is 352 g/mol. The molecule has 1 aliphatic heterocycles. The summed E-state index contributed by atoms with van der Waals surface area (Å²) < 4.78 is 37.8. The van der Waals surface area contributed by atoms with E-state index in [1.165, 1.54) is 12.1 Å². The highest BCUT2D eigenvalue weighted by Crippen LogP contribution is 2.35. The Morgan fingerprint density at radius 3 is 2.57 bits per heavy atom. The Morgan fingerprint density at radius 1 is 1.35 bits per heavy atom. The van der Waals surface area contributed by atoms with Gasteiger partial charge in [-0.05, 0) is 18.1 Å². The summed E-state index contributed by atoms with van der Waals surface area (Å²) in [7, 11) is 0. The van der Waals surface area contributed by atoms with Gasteiger partial charge >= 0.3 is 6.18 Å². The van der Waals surface area contributed by atoms with E-state index in [1.54, 1.807) is 6.07 Å². The van der Waals surface area contributed by atoms with E-state index in [-0.39, 0.29) is 17.1 Å². The molecule has 1 heterocycles. The maximum absolute atomic E-state index is 12.6. The molecular weight excluding hydrogens is 335 g/mol. The quantitative estimate of drug-likeness (QED) is 0.651. The highest BCUT2D eigenvalue weighted by molar-refractivity contribution is 6.32. The Bertz CT molecular complexity index is 563. The van der Waals surface area contributed by atoms with Gasteiger partial charge in [0, 0.05) is 44.7 Å². The van der Waals surface area contributed by atoms with E-state index in [0.717, 1.165) is 0 Å². The van der Waals surface area contributed by atoms with Crippen molar-refractivity contribution in [2.45, 2.75) is 25.1 Å². The zero-order chi connectivity index (χ0) is 17.0. The number of nitro benzene ring substituents is 1. The predicted octanol–water partition coefficient (Wildman–Crippen LogP) is 3.54. The fourth-order valence-electron chi connectivity index (χ4n) is 2.73. The summed E-state index contributed by atoms with van der Waals surface area (Å²) in [6.45, 7) is 2.55. The van der Waals surface area contributed by atoms with Gasteiger partial charge in [0.15, 0.2) is 0 Å². The van der Waals surface area contributed by atoms with Crippen molar-refractivity contribution in [2.75, 3.05) is 26.2 Å². The Labute approximate surface area is 136 Å². The van der Waals surface area contributed by atoms with E-state index in [0.29, 0.717) is 31.7 Å². The molecule has 128 valence electrons. The summed E-state index contributed by atoms with van der Waals surface area (Å²) in [6, 6.07) is 3.71. The number of halogens is 4. The van der Waals surface area contributed by atoms with Gasteiger partial charge in [-0.1, -0.05) is 17.7 Å². The maximum Gasteiger partial charge on any atom is 0.389 e. The fraction of sp³-hybridized carbons (Fsp3) is 0.571. The standard InChI is InChI=1S/C14H17ClF3N3O2/c15-11-2-1-10(9-13(11)21(22)23)12(3-4-14(16,17)18)20-7-5-19-6-8-20/h1-2,9,12,19H,3-8H2/t12-/m1/s1. The molecule has 1 saturated heterocycles. The van der Waals surface area contributed by atoms with Crippen LogP contribution < -0.4 is 5.32 Å². The van der Waals surface area contributed by atoms with Crippen LogP contribution >= 0.6 is 11.6 Å². The predicted molar refractivity (Wildman–Crippen MR) is 80.6 cm³/mol. The number of hydrogen-bond donors (Lipinski definition) is 1. The van der Waals surface area contributed by atoms with Crippen molar-refractivity contribution in [1.29, 1.82) is 0 Å². The van der Waals surface area contributed by atoms with Gasteiger partial charge in [-0.25, -0.2) is 0 Å². The number of hydrogen-bond acceptors (Lipinski definition) is 4. The summed E-state index contributed by atoms with van der Waals surface area (Å²) in [4.78, 5) is 12.3. The first kappa shape index (κ1) is 18.0. The minimum atomic E-state index is -4.26. The molecule has 23 heavy (non-hydrogen) atoms. The number of nitrogens with zero attached hydrogens (tertiary/aromatic N) is 2. The smallest absolute Gasteiger partial charge is 0.314 e. The zero-order valence-electron chi connectivity index (χ0n) is 12.3. The van der Waals surface area contributed by atoms with Crippen LogP contribution in [0.3, 0.4) is 0 Å². The second-order valence-electron chi connectivity index (χ2n) is 5.42. The number of nitrogens with one attached hydrogen (secondary N) is 1. The molecule has 0 aliphatic carbocycles. The minimum absolute atomic E-state index is 0.0198. The molecule has 5 nitrogen and oxygen atoms in total. The van der Waals surface area contributed by atoms with Gasteiger partial charge < -0.3 is 5.32 Å². The summed E-state index contributed by atoms with van der Waals surface area (Å²) in [5.41, 5.74) is 0.212. The van der Waals surface area contributed by atoms with Crippen LogP contribution in [0.1, 0.15) is 24.4 Å². The average Bonchev–Trinajstić information content (AvgIpc) is 2.48. The van der Waals surface area contributed by atoms with E-state index in [4.69, 9.17) is 11.6 Å². The van der Waals surface area contributed by atoms with Crippen LogP contribution in [0.4, 0.5) is 18.9 Å². The van der Waals surface area contributed by atoms with Crippen molar-refractivity contribution in [3.8, 4) is 0 Å². The Morgan fingerprint density at radius 2 is 2.00 bits per heavy atom. The Kier molecular flexibility index (Phi) is 5.83. The van der Waals surface area contributed by atoms with Crippen LogP contribution in [0.25, 0.3) is 0 Å². The molecule has 1 N–H and O–H groups in total. The molecule has 0 radical (unpaired) electrons.